The predicted octanol–water partition coefficient (Wildman–Crippen LogP) is 3.04. The molecule has 0 aromatic heterocycles. The summed E-state index contributed by atoms with van der Waals surface area (Å²) in [6.45, 7) is 4.82. The summed E-state index contributed by atoms with van der Waals surface area (Å²) in [4.78, 5) is 23.1. The van der Waals surface area contributed by atoms with E-state index in [0.717, 1.165) is 6.07 Å². The number of amides is 1. The van der Waals surface area contributed by atoms with Crippen LogP contribution in [0, 0.1) is 23.0 Å². The Kier molecular flexibility index (Phi) is 4.81. The highest BCUT2D eigenvalue weighted by molar-refractivity contribution is 5.94. The highest BCUT2D eigenvalue weighted by Gasteiger charge is 2.38. The molecule has 0 saturated heterocycles. The molecule has 2 N–H and O–H groups in total. The van der Waals surface area contributed by atoms with E-state index in [1.54, 1.807) is 13.8 Å². The molecular weight excluding hydrogens is 268 g/mol. The van der Waals surface area contributed by atoms with Crippen LogP contribution in [0.5, 0.6) is 0 Å². The SMILES string of the molecule is CC(C)C(C)(CC(=O)Nc1cccc(F)c1F)C(=O)O. The minimum atomic E-state index is -1.27. The van der Waals surface area contributed by atoms with Crippen LogP contribution in [0.15, 0.2) is 18.2 Å². The number of carboxylic acid groups (broad SMARTS) is 1. The summed E-state index contributed by atoms with van der Waals surface area (Å²) in [7, 11) is 0. The lowest BCUT2D eigenvalue weighted by Gasteiger charge is -2.28. The second kappa shape index (κ2) is 5.98. The van der Waals surface area contributed by atoms with E-state index in [1.165, 1.54) is 19.1 Å². The van der Waals surface area contributed by atoms with Crippen molar-refractivity contribution in [1.82, 2.24) is 0 Å². The molecule has 0 fully saturated rings. The number of aliphatic carboxylic acids is 1. The maximum atomic E-state index is 13.4. The summed E-state index contributed by atoms with van der Waals surface area (Å²) >= 11 is 0. The number of hydrogen-bond donors (Lipinski definition) is 2. The van der Waals surface area contributed by atoms with Gasteiger partial charge in [0, 0.05) is 6.42 Å². The predicted molar refractivity (Wildman–Crippen MR) is 70.2 cm³/mol. The van der Waals surface area contributed by atoms with E-state index in [-0.39, 0.29) is 18.0 Å². The van der Waals surface area contributed by atoms with Gasteiger partial charge in [0.05, 0.1) is 11.1 Å². The fraction of sp³-hybridized carbons (Fsp3) is 0.429. The fourth-order valence-corrected chi connectivity index (χ4v) is 1.65. The first-order chi connectivity index (χ1) is 9.18. The number of anilines is 1. The number of benzene rings is 1. The van der Waals surface area contributed by atoms with Gasteiger partial charge in [0.25, 0.3) is 0 Å². The van der Waals surface area contributed by atoms with Crippen molar-refractivity contribution in [3.63, 3.8) is 0 Å². The Bertz CT molecular complexity index is 531. The zero-order chi connectivity index (χ0) is 15.5. The van der Waals surface area contributed by atoms with Gasteiger partial charge in [-0.3, -0.25) is 9.59 Å². The number of carbonyl (C=O) groups excluding carboxylic acids is 1. The van der Waals surface area contributed by atoms with Crippen LogP contribution in [0.4, 0.5) is 14.5 Å². The fourth-order valence-electron chi connectivity index (χ4n) is 1.65. The number of carbonyl (C=O) groups is 2. The Hall–Kier alpha value is -1.98. The molecule has 1 aromatic carbocycles. The first-order valence-corrected chi connectivity index (χ1v) is 6.15. The van der Waals surface area contributed by atoms with Crippen LogP contribution in [-0.2, 0) is 9.59 Å². The molecule has 0 spiro atoms. The number of hydrogen-bond acceptors (Lipinski definition) is 2. The summed E-state index contributed by atoms with van der Waals surface area (Å²) < 4.78 is 26.4. The Morgan fingerprint density at radius 2 is 1.95 bits per heavy atom. The average molecular weight is 285 g/mol. The van der Waals surface area contributed by atoms with Gasteiger partial charge in [0.15, 0.2) is 11.6 Å². The van der Waals surface area contributed by atoms with Gasteiger partial charge in [-0.1, -0.05) is 19.9 Å². The smallest absolute Gasteiger partial charge is 0.310 e. The van der Waals surface area contributed by atoms with Gasteiger partial charge < -0.3 is 10.4 Å². The van der Waals surface area contributed by atoms with Crippen LogP contribution >= 0.6 is 0 Å². The second-order valence-electron chi connectivity index (χ2n) is 5.20. The molecule has 110 valence electrons. The van der Waals surface area contributed by atoms with Gasteiger partial charge in [-0.15, -0.1) is 0 Å². The van der Waals surface area contributed by atoms with Crippen molar-refractivity contribution in [1.29, 1.82) is 0 Å². The molecule has 1 unspecified atom stereocenters. The third-order valence-corrected chi connectivity index (χ3v) is 3.52. The first kappa shape index (κ1) is 16.1. The number of halogens is 2. The molecule has 6 heteroatoms. The lowest BCUT2D eigenvalue weighted by Crippen LogP contribution is -2.37. The molecular formula is C14H17F2NO3. The minimum absolute atomic E-state index is 0.289. The van der Waals surface area contributed by atoms with Crippen LogP contribution in [-0.4, -0.2) is 17.0 Å². The van der Waals surface area contributed by atoms with Crippen molar-refractivity contribution < 1.29 is 23.5 Å². The molecule has 20 heavy (non-hydrogen) atoms. The molecule has 0 aliphatic rings. The van der Waals surface area contributed by atoms with E-state index in [4.69, 9.17) is 0 Å². The van der Waals surface area contributed by atoms with Crippen LogP contribution in [0.3, 0.4) is 0 Å². The highest BCUT2D eigenvalue weighted by Crippen LogP contribution is 2.32. The summed E-state index contributed by atoms with van der Waals surface area (Å²) in [5.74, 6) is -4.31. The van der Waals surface area contributed by atoms with Crippen molar-refractivity contribution in [3.05, 3.63) is 29.8 Å². The summed E-state index contributed by atoms with van der Waals surface area (Å²) in [6, 6.07) is 3.40. The van der Waals surface area contributed by atoms with Crippen LogP contribution in [0.1, 0.15) is 27.2 Å². The lowest BCUT2D eigenvalue weighted by atomic mass is 9.76. The summed E-state index contributed by atoms with van der Waals surface area (Å²) in [6.07, 6.45) is -0.323. The summed E-state index contributed by atoms with van der Waals surface area (Å²) in [5, 5.41) is 11.4. The van der Waals surface area contributed by atoms with Crippen LogP contribution in [0.2, 0.25) is 0 Å². The minimum Gasteiger partial charge on any atom is -0.481 e. The molecule has 0 aliphatic heterocycles. The molecule has 0 heterocycles. The van der Waals surface area contributed by atoms with E-state index >= 15 is 0 Å². The molecule has 0 aliphatic carbocycles. The maximum absolute atomic E-state index is 13.4. The largest absolute Gasteiger partial charge is 0.481 e. The number of nitrogens with one attached hydrogen (secondary N) is 1. The molecule has 0 bridgehead atoms. The van der Waals surface area contributed by atoms with E-state index in [9.17, 15) is 23.5 Å². The molecule has 1 rings (SSSR count). The Labute approximate surface area is 115 Å². The molecule has 0 radical (unpaired) electrons. The van der Waals surface area contributed by atoms with Gasteiger partial charge in [0.2, 0.25) is 5.91 Å². The van der Waals surface area contributed by atoms with Crippen LogP contribution in [0.25, 0.3) is 0 Å². The highest BCUT2D eigenvalue weighted by atomic mass is 19.2. The Balaban J connectivity index is 2.87. The van der Waals surface area contributed by atoms with Crippen molar-refractivity contribution in [2.75, 3.05) is 5.32 Å². The van der Waals surface area contributed by atoms with Crippen molar-refractivity contribution >= 4 is 17.6 Å². The quantitative estimate of drug-likeness (QED) is 0.873. The van der Waals surface area contributed by atoms with Crippen molar-refractivity contribution in [2.24, 2.45) is 11.3 Å². The maximum Gasteiger partial charge on any atom is 0.310 e. The molecule has 1 atom stereocenters. The first-order valence-electron chi connectivity index (χ1n) is 6.15. The Morgan fingerprint density at radius 3 is 2.45 bits per heavy atom. The van der Waals surface area contributed by atoms with Crippen LogP contribution < -0.4 is 5.32 Å². The van der Waals surface area contributed by atoms with E-state index in [2.05, 4.69) is 5.32 Å². The second-order valence-corrected chi connectivity index (χ2v) is 5.20. The number of carboxylic acids is 1. The molecule has 0 saturated carbocycles. The monoisotopic (exact) mass is 285 g/mol. The van der Waals surface area contributed by atoms with E-state index in [1.807, 2.05) is 0 Å². The van der Waals surface area contributed by atoms with Gasteiger partial charge in [-0.05, 0) is 25.0 Å². The molecule has 1 amide bonds. The van der Waals surface area contributed by atoms with Gasteiger partial charge in [0.1, 0.15) is 0 Å². The van der Waals surface area contributed by atoms with Gasteiger partial charge in [-0.2, -0.15) is 0 Å². The zero-order valence-corrected chi connectivity index (χ0v) is 11.5. The third kappa shape index (κ3) is 3.31. The van der Waals surface area contributed by atoms with E-state index < -0.39 is 28.9 Å². The number of rotatable bonds is 5. The molecule has 1 aromatic rings. The normalized spacial score (nSPS) is 13.9. The van der Waals surface area contributed by atoms with E-state index in [0.29, 0.717) is 0 Å². The Morgan fingerprint density at radius 1 is 1.35 bits per heavy atom. The lowest BCUT2D eigenvalue weighted by molar-refractivity contribution is -0.153. The topological polar surface area (TPSA) is 66.4 Å². The standard InChI is InChI=1S/C14H17F2NO3/c1-8(2)14(3,13(19)20)7-11(18)17-10-6-4-5-9(15)12(10)16/h4-6,8H,7H2,1-3H3,(H,17,18)(H,19,20). The van der Waals surface area contributed by atoms with Crippen molar-refractivity contribution in [3.8, 4) is 0 Å². The molecule has 4 nitrogen and oxygen atoms in total. The van der Waals surface area contributed by atoms with Crippen molar-refractivity contribution in [2.45, 2.75) is 27.2 Å². The average Bonchev–Trinajstić information content (AvgIpc) is 2.34. The van der Waals surface area contributed by atoms with Gasteiger partial charge in [-0.25, -0.2) is 8.78 Å². The zero-order valence-electron chi connectivity index (χ0n) is 11.5. The summed E-state index contributed by atoms with van der Waals surface area (Å²) in [5.41, 5.74) is -1.57. The van der Waals surface area contributed by atoms with Gasteiger partial charge >= 0.3 is 5.97 Å². The third-order valence-electron chi connectivity index (χ3n) is 3.52.